The van der Waals surface area contributed by atoms with Crippen molar-refractivity contribution in [2.45, 2.75) is 31.9 Å². The van der Waals surface area contributed by atoms with E-state index < -0.39 is 10.0 Å². The summed E-state index contributed by atoms with van der Waals surface area (Å²) in [5.74, 6) is 0. The van der Waals surface area contributed by atoms with Crippen LogP contribution in [0.4, 0.5) is 0 Å². The monoisotopic (exact) mass is 393 g/mol. The average Bonchev–Trinajstić information content (AvgIpc) is 2.90. The normalized spacial score (nSPS) is 12.0. The van der Waals surface area contributed by atoms with E-state index >= 15 is 0 Å². The van der Waals surface area contributed by atoms with Crippen molar-refractivity contribution < 1.29 is 13.5 Å². The molecule has 21 heavy (non-hydrogen) atoms. The van der Waals surface area contributed by atoms with Gasteiger partial charge in [0.1, 0.15) is 4.90 Å². The van der Waals surface area contributed by atoms with Crippen LogP contribution in [0.2, 0.25) is 0 Å². The molecule has 0 saturated heterocycles. The van der Waals surface area contributed by atoms with Crippen LogP contribution >= 0.6 is 27.3 Å². The first-order valence-electron chi connectivity index (χ1n) is 6.14. The summed E-state index contributed by atoms with van der Waals surface area (Å²) in [6, 6.07) is 1.47. The molecule has 2 aromatic heterocycles. The molecule has 116 valence electrons. The van der Waals surface area contributed by atoms with E-state index in [9.17, 15) is 8.42 Å². The molecule has 2 heterocycles. The highest BCUT2D eigenvalue weighted by Crippen LogP contribution is 2.31. The zero-order valence-corrected chi connectivity index (χ0v) is 15.1. The molecule has 0 bridgehead atoms. The van der Waals surface area contributed by atoms with Gasteiger partial charge in [-0.1, -0.05) is 0 Å². The molecule has 0 aliphatic carbocycles. The molecular formula is C12H16BrN3O3S2. The minimum Gasteiger partial charge on any atom is -0.391 e. The van der Waals surface area contributed by atoms with E-state index in [4.69, 9.17) is 5.11 Å². The van der Waals surface area contributed by atoms with Gasteiger partial charge in [0.15, 0.2) is 0 Å². The molecule has 0 fully saturated rings. The Hall–Kier alpha value is -0.740. The molecule has 0 saturated carbocycles. The van der Waals surface area contributed by atoms with Crippen molar-refractivity contribution in [3.63, 3.8) is 0 Å². The number of aliphatic hydroxyl groups excluding tert-OH is 1. The number of hydrogen-bond donors (Lipinski definition) is 2. The Morgan fingerprint density at radius 3 is 2.62 bits per heavy atom. The predicted molar refractivity (Wildman–Crippen MR) is 84.6 cm³/mol. The van der Waals surface area contributed by atoms with Crippen LogP contribution in [0.15, 0.2) is 14.7 Å². The molecular weight excluding hydrogens is 378 g/mol. The molecule has 0 atom stereocenters. The molecule has 0 aliphatic heterocycles. The Balaban J connectivity index is 2.23. The lowest BCUT2D eigenvalue weighted by Crippen LogP contribution is -2.23. The van der Waals surface area contributed by atoms with Gasteiger partial charge in [-0.25, -0.2) is 13.1 Å². The van der Waals surface area contributed by atoms with Crippen LogP contribution in [0.1, 0.15) is 21.8 Å². The molecule has 2 rings (SSSR count). The number of aromatic nitrogens is 2. The molecule has 0 radical (unpaired) electrons. The van der Waals surface area contributed by atoms with Crippen molar-refractivity contribution in [1.82, 2.24) is 14.5 Å². The van der Waals surface area contributed by atoms with Crippen molar-refractivity contribution in [1.29, 1.82) is 0 Å². The minimum atomic E-state index is -3.64. The van der Waals surface area contributed by atoms with Gasteiger partial charge in [0.05, 0.1) is 16.1 Å². The molecule has 0 aliphatic rings. The maximum atomic E-state index is 12.3. The number of hydrogen-bond acceptors (Lipinski definition) is 5. The lowest BCUT2D eigenvalue weighted by molar-refractivity contribution is 0.285. The highest BCUT2D eigenvalue weighted by Gasteiger charge is 2.21. The van der Waals surface area contributed by atoms with Crippen LogP contribution in [-0.4, -0.2) is 23.3 Å². The zero-order valence-electron chi connectivity index (χ0n) is 11.8. The van der Waals surface area contributed by atoms with Crippen molar-refractivity contribution in [2.24, 2.45) is 7.05 Å². The predicted octanol–water partition coefficient (Wildman–Crippen LogP) is 1.83. The van der Waals surface area contributed by atoms with Gasteiger partial charge in [0.2, 0.25) is 10.0 Å². The van der Waals surface area contributed by atoms with E-state index in [1.807, 2.05) is 20.9 Å². The van der Waals surface area contributed by atoms with Gasteiger partial charge >= 0.3 is 0 Å². The summed E-state index contributed by atoms with van der Waals surface area (Å²) in [6.07, 6.45) is 0. The number of rotatable bonds is 5. The van der Waals surface area contributed by atoms with E-state index in [0.29, 0.717) is 8.66 Å². The van der Waals surface area contributed by atoms with Gasteiger partial charge in [0.25, 0.3) is 0 Å². The van der Waals surface area contributed by atoms with E-state index in [0.717, 1.165) is 17.0 Å². The quantitative estimate of drug-likeness (QED) is 0.811. The van der Waals surface area contributed by atoms with Crippen molar-refractivity contribution >= 4 is 37.3 Å². The smallest absolute Gasteiger partial charge is 0.242 e. The third-order valence-corrected chi connectivity index (χ3v) is 6.89. The Labute approximate surface area is 136 Å². The van der Waals surface area contributed by atoms with Crippen molar-refractivity contribution in [3.05, 3.63) is 31.7 Å². The number of aryl methyl sites for hydroxylation is 2. The molecule has 0 aromatic carbocycles. The van der Waals surface area contributed by atoms with Gasteiger partial charge < -0.3 is 5.11 Å². The fourth-order valence-corrected chi connectivity index (χ4v) is 5.51. The molecule has 2 aromatic rings. The molecule has 6 nitrogen and oxygen atoms in total. The first-order chi connectivity index (χ1) is 9.76. The highest BCUT2D eigenvalue weighted by molar-refractivity contribution is 9.11. The summed E-state index contributed by atoms with van der Waals surface area (Å²) in [6.45, 7) is 3.75. The van der Waals surface area contributed by atoms with Crippen LogP contribution in [-0.2, 0) is 30.2 Å². The third-order valence-electron chi connectivity index (χ3n) is 3.25. The van der Waals surface area contributed by atoms with Crippen LogP contribution in [0.25, 0.3) is 0 Å². The van der Waals surface area contributed by atoms with Crippen LogP contribution in [0, 0.1) is 13.8 Å². The second-order valence-electron chi connectivity index (χ2n) is 4.61. The summed E-state index contributed by atoms with van der Waals surface area (Å²) in [5, 5.41) is 13.3. The standard InChI is InChI=1S/C12H16BrN3O3S2/c1-7-10(8(2)16(3)15-7)5-14-21(18,19)11-4-9(6-17)20-12(11)13/h4,14,17H,5-6H2,1-3H3. The number of halogens is 1. The minimum absolute atomic E-state index is 0.149. The Morgan fingerprint density at radius 1 is 1.48 bits per heavy atom. The maximum Gasteiger partial charge on any atom is 0.242 e. The van der Waals surface area contributed by atoms with Gasteiger partial charge in [-0.2, -0.15) is 5.10 Å². The highest BCUT2D eigenvalue weighted by atomic mass is 79.9. The second kappa shape index (κ2) is 6.17. The summed E-state index contributed by atoms with van der Waals surface area (Å²) in [7, 11) is -1.81. The number of sulfonamides is 1. The van der Waals surface area contributed by atoms with Crippen molar-refractivity contribution in [3.8, 4) is 0 Å². The first-order valence-corrected chi connectivity index (χ1v) is 9.23. The van der Waals surface area contributed by atoms with E-state index in [2.05, 4.69) is 25.8 Å². The van der Waals surface area contributed by atoms with E-state index in [1.165, 1.54) is 17.4 Å². The zero-order chi connectivity index (χ0) is 15.8. The second-order valence-corrected chi connectivity index (χ2v) is 8.80. The van der Waals surface area contributed by atoms with Crippen molar-refractivity contribution in [2.75, 3.05) is 0 Å². The van der Waals surface area contributed by atoms with Gasteiger partial charge in [-0.15, -0.1) is 11.3 Å². The maximum absolute atomic E-state index is 12.3. The summed E-state index contributed by atoms with van der Waals surface area (Å²) >= 11 is 4.43. The third kappa shape index (κ3) is 3.37. The largest absolute Gasteiger partial charge is 0.391 e. The Morgan fingerprint density at radius 2 is 2.14 bits per heavy atom. The lowest BCUT2D eigenvalue weighted by Gasteiger charge is -2.06. The molecule has 2 N–H and O–H groups in total. The van der Waals surface area contributed by atoms with Gasteiger partial charge in [-0.3, -0.25) is 4.68 Å². The Kier molecular flexibility index (Phi) is 4.89. The van der Waals surface area contributed by atoms with Crippen LogP contribution in [0.3, 0.4) is 0 Å². The van der Waals surface area contributed by atoms with Gasteiger partial charge in [-0.05, 0) is 35.8 Å². The van der Waals surface area contributed by atoms with E-state index in [-0.39, 0.29) is 18.0 Å². The fraction of sp³-hybridized carbons (Fsp3) is 0.417. The van der Waals surface area contributed by atoms with Crippen LogP contribution in [0.5, 0.6) is 0 Å². The summed E-state index contributed by atoms with van der Waals surface area (Å²) in [4.78, 5) is 0.742. The number of aliphatic hydroxyl groups is 1. The topological polar surface area (TPSA) is 84.2 Å². The first kappa shape index (κ1) is 16.6. The number of nitrogens with one attached hydrogen (secondary N) is 1. The average molecular weight is 394 g/mol. The van der Waals surface area contributed by atoms with Gasteiger partial charge in [0, 0.05) is 29.7 Å². The lowest BCUT2D eigenvalue weighted by atomic mass is 10.2. The molecule has 0 unspecified atom stereocenters. The Bertz CT molecular complexity index is 765. The van der Waals surface area contributed by atoms with E-state index in [1.54, 1.807) is 4.68 Å². The summed E-state index contributed by atoms with van der Waals surface area (Å²) in [5.41, 5.74) is 2.60. The fourth-order valence-electron chi connectivity index (χ4n) is 1.98. The number of thiophene rings is 1. The SMILES string of the molecule is Cc1nn(C)c(C)c1CNS(=O)(=O)c1cc(CO)sc1Br. The van der Waals surface area contributed by atoms with Crippen LogP contribution < -0.4 is 4.72 Å². The summed E-state index contributed by atoms with van der Waals surface area (Å²) < 4.78 is 29.5. The molecule has 0 spiro atoms. The molecule has 0 amide bonds. The number of nitrogens with zero attached hydrogens (tertiary/aromatic N) is 2. The molecule has 9 heteroatoms.